The highest BCUT2D eigenvalue weighted by Crippen LogP contribution is 2.38. The van der Waals surface area contributed by atoms with E-state index in [9.17, 15) is 4.79 Å². The second-order valence-corrected chi connectivity index (χ2v) is 3.67. The molecule has 1 aromatic rings. The highest BCUT2D eigenvalue weighted by molar-refractivity contribution is 5.95. The van der Waals surface area contributed by atoms with Crippen molar-refractivity contribution in [2.45, 2.75) is 13.0 Å². The number of hydrogen-bond donors (Lipinski definition) is 2. The third-order valence-corrected chi connectivity index (χ3v) is 2.75. The van der Waals surface area contributed by atoms with E-state index >= 15 is 0 Å². The maximum atomic E-state index is 11.7. The number of para-hydroxylation sites is 1. The van der Waals surface area contributed by atoms with Crippen LogP contribution in [0, 0.1) is 0 Å². The van der Waals surface area contributed by atoms with Crippen LogP contribution in [-0.4, -0.2) is 5.97 Å². The van der Waals surface area contributed by atoms with Crippen LogP contribution in [0.1, 0.15) is 18.5 Å². The van der Waals surface area contributed by atoms with Crippen molar-refractivity contribution in [1.29, 1.82) is 0 Å². The van der Waals surface area contributed by atoms with Crippen LogP contribution in [0.15, 0.2) is 35.5 Å². The molecule has 4 nitrogen and oxygen atoms in total. The minimum atomic E-state index is -0.270. The third kappa shape index (κ3) is 1.08. The fourth-order valence-electron chi connectivity index (χ4n) is 2.01. The van der Waals surface area contributed by atoms with Gasteiger partial charge < -0.3 is 10.2 Å². The van der Waals surface area contributed by atoms with Crippen molar-refractivity contribution in [3.63, 3.8) is 0 Å². The van der Waals surface area contributed by atoms with Crippen LogP contribution in [0.4, 0.5) is 0 Å². The number of rotatable bonds is 0. The first kappa shape index (κ1) is 8.49. The summed E-state index contributed by atoms with van der Waals surface area (Å²) in [6.45, 7) is 1.86. The number of hydrogen-bond acceptors (Lipinski definition) is 4. The number of carbonyl (C=O) groups is 1. The van der Waals surface area contributed by atoms with Crippen molar-refractivity contribution >= 4 is 5.97 Å². The van der Waals surface area contributed by atoms with E-state index in [0.717, 1.165) is 11.3 Å². The number of allylic oxidation sites excluding steroid dienone is 1. The second kappa shape index (κ2) is 2.84. The van der Waals surface area contributed by atoms with Gasteiger partial charge in [-0.1, -0.05) is 18.2 Å². The zero-order chi connectivity index (χ0) is 10.4. The molecule has 1 aromatic carbocycles. The van der Waals surface area contributed by atoms with E-state index in [-0.39, 0.29) is 12.0 Å². The highest BCUT2D eigenvalue weighted by Gasteiger charge is 2.37. The molecule has 0 spiro atoms. The fraction of sp³-hybridized carbons (Fsp3) is 0.182. The zero-order valence-corrected chi connectivity index (χ0v) is 8.20. The van der Waals surface area contributed by atoms with Gasteiger partial charge in [-0.2, -0.15) is 0 Å². The van der Waals surface area contributed by atoms with Gasteiger partial charge in [0.05, 0.1) is 11.6 Å². The van der Waals surface area contributed by atoms with Crippen LogP contribution < -0.4 is 15.6 Å². The third-order valence-electron chi connectivity index (χ3n) is 2.75. The molecule has 2 aliphatic rings. The molecule has 0 saturated carbocycles. The van der Waals surface area contributed by atoms with Gasteiger partial charge in [-0.25, -0.2) is 10.2 Å². The van der Waals surface area contributed by atoms with Gasteiger partial charge >= 0.3 is 5.97 Å². The van der Waals surface area contributed by atoms with Crippen LogP contribution >= 0.6 is 0 Å². The minimum Gasteiger partial charge on any atom is -0.423 e. The zero-order valence-electron chi connectivity index (χ0n) is 8.20. The van der Waals surface area contributed by atoms with Crippen LogP contribution in [0.25, 0.3) is 0 Å². The Morgan fingerprint density at radius 3 is 3.00 bits per heavy atom. The summed E-state index contributed by atoms with van der Waals surface area (Å²) in [6.07, 6.45) is 0. The predicted octanol–water partition coefficient (Wildman–Crippen LogP) is 1.03. The smallest absolute Gasteiger partial charge is 0.343 e. The average Bonchev–Trinajstić information content (AvgIpc) is 2.62. The number of fused-ring (bicyclic) bond motifs is 3. The lowest BCUT2D eigenvalue weighted by molar-refractivity contribution is -0.131. The van der Waals surface area contributed by atoms with Crippen molar-refractivity contribution in [1.82, 2.24) is 10.9 Å². The van der Waals surface area contributed by atoms with E-state index in [1.165, 1.54) is 0 Å². The number of ether oxygens (including phenoxy) is 1. The summed E-state index contributed by atoms with van der Waals surface area (Å²) in [5.74, 6) is 0.369. The van der Waals surface area contributed by atoms with E-state index in [1.54, 1.807) is 6.07 Å². The van der Waals surface area contributed by atoms with Gasteiger partial charge in [-0.3, -0.25) is 0 Å². The van der Waals surface area contributed by atoms with Crippen LogP contribution in [0.5, 0.6) is 5.75 Å². The molecule has 1 unspecified atom stereocenters. The summed E-state index contributed by atoms with van der Waals surface area (Å²) < 4.78 is 5.24. The Labute approximate surface area is 86.9 Å². The van der Waals surface area contributed by atoms with Crippen molar-refractivity contribution < 1.29 is 9.53 Å². The molecule has 76 valence electrons. The highest BCUT2D eigenvalue weighted by atomic mass is 16.5. The SMILES string of the molecule is CC1=C2C(=O)Oc3ccccc3C2NN1. The van der Waals surface area contributed by atoms with Crippen LogP contribution in [0.2, 0.25) is 0 Å². The molecular formula is C11H10N2O2. The Bertz CT molecular complexity index is 479. The second-order valence-electron chi connectivity index (χ2n) is 3.67. The van der Waals surface area contributed by atoms with Gasteiger partial charge in [0.25, 0.3) is 0 Å². The minimum absolute atomic E-state index is 0.0811. The maximum Gasteiger partial charge on any atom is 0.343 e. The van der Waals surface area contributed by atoms with Crippen LogP contribution in [0.3, 0.4) is 0 Å². The molecule has 1 atom stereocenters. The molecule has 4 heteroatoms. The average molecular weight is 202 g/mol. The number of hydrazine groups is 1. The van der Waals surface area contributed by atoms with Crippen LogP contribution in [-0.2, 0) is 4.79 Å². The first-order valence-electron chi connectivity index (χ1n) is 4.81. The van der Waals surface area contributed by atoms with Gasteiger partial charge in [0, 0.05) is 11.3 Å². The standard InChI is InChI=1S/C11H10N2O2/c1-6-9-10(13-12-6)7-4-2-3-5-8(7)15-11(9)14/h2-5,10,12-13H,1H3. The van der Waals surface area contributed by atoms with Gasteiger partial charge in [0.15, 0.2) is 0 Å². The summed E-state index contributed by atoms with van der Waals surface area (Å²) in [7, 11) is 0. The summed E-state index contributed by atoms with van der Waals surface area (Å²) in [5.41, 5.74) is 8.54. The Morgan fingerprint density at radius 2 is 2.13 bits per heavy atom. The fourth-order valence-corrected chi connectivity index (χ4v) is 2.01. The molecule has 3 rings (SSSR count). The first-order chi connectivity index (χ1) is 7.27. The lowest BCUT2D eigenvalue weighted by atomic mass is 9.96. The molecule has 15 heavy (non-hydrogen) atoms. The Balaban J connectivity index is 2.20. The topological polar surface area (TPSA) is 50.4 Å². The van der Waals surface area contributed by atoms with Crippen molar-refractivity contribution in [2.24, 2.45) is 0 Å². The van der Waals surface area contributed by atoms with E-state index in [2.05, 4.69) is 10.9 Å². The molecule has 2 N–H and O–H groups in total. The molecule has 0 aromatic heterocycles. The van der Waals surface area contributed by atoms with Gasteiger partial charge in [-0.05, 0) is 13.0 Å². The van der Waals surface area contributed by atoms with Crippen molar-refractivity contribution in [3.8, 4) is 5.75 Å². The predicted molar refractivity (Wildman–Crippen MR) is 53.8 cm³/mol. The summed E-state index contributed by atoms with van der Waals surface area (Å²) in [4.78, 5) is 11.7. The first-order valence-corrected chi connectivity index (χ1v) is 4.81. The van der Waals surface area contributed by atoms with Crippen molar-refractivity contribution in [2.75, 3.05) is 0 Å². The number of carbonyl (C=O) groups excluding carboxylic acids is 1. The summed E-state index contributed by atoms with van der Waals surface area (Å²) >= 11 is 0. The maximum absolute atomic E-state index is 11.7. The molecule has 0 fully saturated rings. The molecule has 0 bridgehead atoms. The Morgan fingerprint density at radius 1 is 1.33 bits per heavy atom. The van der Waals surface area contributed by atoms with Gasteiger partial charge in [0.2, 0.25) is 0 Å². The molecular weight excluding hydrogens is 192 g/mol. The van der Waals surface area contributed by atoms with E-state index in [4.69, 9.17) is 4.74 Å². The Kier molecular flexibility index (Phi) is 1.61. The van der Waals surface area contributed by atoms with Gasteiger partial charge in [-0.15, -0.1) is 0 Å². The largest absolute Gasteiger partial charge is 0.423 e. The lowest BCUT2D eigenvalue weighted by Crippen LogP contribution is -2.31. The summed E-state index contributed by atoms with van der Waals surface area (Å²) in [6, 6.07) is 7.47. The van der Waals surface area contributed by atoms with E-state index in [1.807, 2.05) is 25.1 Å². The number of nitrogens with one attached hydrogen (secondary N) is 2. The van der Waals surface area contributed by atoms with E-state index < -0.39 is 0 Å². The molecule has 0 aliphatic carbocycles. The van der Waals surface area contributed by atoms with Crippen molar-refractivity contribution in [3.05, 3.63) is 41.1 Å². The monoisotopic (exact) mass is 202 g/mol. The molecule has 0 amide bonds. The molecule has 2 aliphatic heterocycles. The van der Waals surface area contributed by atoms with Gasteiger partial charge in [0.1, 0.15) is 5.75 Å². The number of benzene rings is 1. The number of esters is 1. The Hall–Kier alpha value is -1.81. The normalized spacial score (nSPS) is 23.0. The summed E-state index contributed by atoms with van der Waals surface area (Å²) in [5, 5.41) is 0. The molecule has 0 saturated heterocycles. The molecule has 0 radical (unpaired) electrons. The molecule has 2 heterocycles. The quantitative estimate of drug-likeness (QED) is 0.487. The van der Waals surface area contributed by atoms with E-state index in [0.29, 0.717) is 11.3 Å². The lowest BCUT2D eigenvalue weighted by Gasteiger charge is -2.22.